The normalized spacial score (nSPS) is 15.8. The van der Waals surface area contributed by atoms with Gasteiger partial charge in [0.2, 0.25) is 0 Å². The fraction of sp³-hybridized carbons (Fsp3) is 0.850. The van der Waals surface area contributed by atoms with E-state index in [0.717, 1.165) is 45.4 Å². The highest BCUT2D eigenvalue weighted by atomic mass is 16.4. The van der Waals surface area contributed by atoms with E-state index in [1.807, 2.05) is 6.92 Å². The van der Waals surface area contributed by atoms with E-state index in [1.165, 1.54) is 0 Å². The van der Waals surface area contributed by atoms with Crippen molar-refractivity contribution in [1.29, 1.82) is 0 Å². The first kappa shape index (κ1) is 24.6. The van der Waals surface area contributed by atoms with E-state index in [1.54, 1.807) is 0 Å². The zero-order valence-corrected chi connectivity index (χ0v) is 16.6. The number of aliphatic carboxylic acids is 2. The Labute approximate surface area is 157 Å². The van der Waals surface area contributed by atoms with Crippen LogP contribution in [-0.2, 0) is 14.4 Å². The van der Waals surface area contributed by atoms with Gasteiger partial charge in [-0.15, -0.1) is 0 Å². The molecule has 0 radical (unpaired) electrons. The number of ketones is 1. The number of carbonyl (C=O) groups excluding carboxylic acids is 1. The van der Waals surface area contributed by atoms with Gasteiger partial charge in [0.05, 0.1) is 0 Å². The van der Waals surface area contributed by atoms with Crippen molar-refractivity contribution in [3.63, 3.8) is 0 Å². The standard InChI is InChI=1S/C20H36O6/c1-4-6-8-10-11-12-14-19(16(3)21,17(22)23)20(26,18(24)25)15-13-9-7-5-2/h26H,4-15H2,1-3H3,(H,22,23)(H,24,25). The molecule has 2 unspecified atom stereocenters. The Balaban J connectivity index is 5.40. The molecule has 0 spiro atoms. The van der Waals surface area contributed by atoms with Crippen LogP contribution < -0.4 is 0 Å². The van der Waals surface area contributed by atoms with E-state index < -0.39 is 28.7 Å². The maximum Gasteiger partial charge on any atom is 0.337 e. The van der Waals surface area contributed by atoms with E-state index in [9.17, 15) is 29.7 Å². The predicted molar refractivity (Wildman–Crippen MR) is 100 cm³/mol. The highest BCUT2D eigenvalue weighted by Crippen LogP contribution is 2.42. The second-order valence-electron chi connectivity index (χ2n) is 7.26. The van der Waals surface area contributed by atoms with Crippen molar-refractivity contribution in [3.05, 3.63) is 0 Å². The molecule has 0 saturated carbocycles. The molecule has 0 heterocycles. The number of unbranched alkanes of at least 4 members (excludes halogenated alkanes) is 8. The van der Waals surface area contributed by atoms with Gasteiger partial charge in [0.15, 0.2) is 16.8 Å². The quantitative estimate of drug-likeness (QED) is 0.277. The first-order chi connectivity index (χ1) is 12.2. The number of carboxylic acids is 2. The minimum Gasteiger partial charge on any atom is -0.480 e. The maximum atomic E-state index is 12.3. The van der Waals surface area contributed by atoms with Gasteiger partial charge in [0.1, 0.15) is 0 Å². The van der Waals surface area contributed by atoms with Gasteiger partial charge in [-0.3, -0.25) is 9.59 Å². The Hall–Kier alpha value is -1.43. The molecule has 0 bridgehead atoms. The number of carbonyl (C=O) groups is 3. The first-order valence-electron chi connectivity index (χ1n) is 9.90. The minimum atomic E-state index is -2.58. The maximum absolute atomic E-state index is 12.3. The van der Waals surface area contributed by atoms with Crippen LogP contribution in [0.15, 0.2) is 0 Å². The van der Waals surface area contributed by atoms with Crippen molar-refractivity contribution in [2.75, 3.05) is 0 Å². The smallest absolute Gasteiger partial charge is 0.337 e. The molecule has 0 aromatic heterocycles. The Morgan fingerprint density at radius 3 is 1.54 bits per heavy atom. The summed E-state index contributed by atoms with van der Waals surface area (Å²) < 4.78 is 0. The average Bonchev–Trinajstić information content (AvgIpc) is 2.57. The van der Waals surface area contributed by atoms with Gasteiger partial charge < -0.3 is 15.3 Å². The Morgan fingerprint density at radius 1 is 0.692 bits per heavy atom. The van der Waals surface area contributed by atoms with E-state index >= 15 is 0 Å². The molecule has 0 aliphatic carbocycles. The van der Waals surface area contributed by atoms with Gasteiger partial charge in [-0.05, 0) is 26.2 Å². The molecule has 0 rings (SSSR count). The van der Waals surface area contributed by atoms with E-state index in [4.69, 9.17) is 0 Å². The molecule has 0 aromatic carbocycles. The van der Waals surface area contributed by atoms with Crippen LogP contribution in [-0.4, -0.2) is 38.6 Å². The third kappa shape index (κ3) is 6.08. The molecule has 2 atom stereocenters. The van der Waals surface area contributed by atoms with Gasteiger partial charge in [0.25, 0.3) is 0 Å². The van der Waals surface area contributed by atoms with Crippen molar-refractivity contribution in [2.45, 2.75) is 103 Å². The monoisotopic (exact) mass is 372 g/mol. The zero-order chi connectivity index (χ0) is 20.2. The molecule has 0 aliphatic rings. The van der Waals surface area contributed by atoms with Crippen molar-refractivity contribution < 1.29 is 29.7 Å². The molecule has 6 nitrogen and oxygen atoms in total. The molecule has 0 aromatic rings. The van der Waals surface area contributed by atoms with Crippen LogP contribution in [0, 0.1) is 5.41 Å². The summed E-state index contributed by atoms with van der Waals surface area (Å²) in [6.07, 6.45) is 7.70. The summed E-state index contributed by atoms with van der Waals surface area (Å²) in [6, 6.07) is 0. The summed E-state index contributed by atoms with van der Waals surface area (Å²) in [4.78, 5) is 36.2. The lowest BCUT2D eigenvalue weighted by atomic mass is 9.64. The lowest BCUT2D eigenvalue weighted by molar-refractivity contribution is -0.193. The van der Waals surface area contributed by atoms with Gasteiger partial charge in [0, 0.05) is 0 Å². The minimum absolute atomic E-state index is 0.152. The van der Waals surface area contributed by atoms with Crippen molar-refractivity contribution >= 4 is 17.7 Å². The molecule has 0 amide bonds. The Morgan fingerprint density at radius 2 is 1.12 bits per heavy atom. The van der Waals surface area contributed by atoms with E-state index in [0.29, 0.717) is 25.7 Å². The summed E-state index contributed by atoms with van der Waals surface area (Å²) >= 11 is 0. The molecule has 0 aliphatic heterocycles. The van der Waals surface area contributed by atoms with Crippen molar-refractivity contribution in [2.24, 2.45) is 5.41 Å². The molecule has 3 N–H and O–H groups in total. The molecule has 0 fully saturated rings. The highest BCUT2D eigenvalue weighted by molar-refractivity contribution is 6.08. The number of Topliss-reactive ketones (excluding diaryl/α,β-unsaturated/α-hetero) is 1. The van der Waals surface area contributed by atoms with E-state index in [-0.39, 0.29) is 12.8 Å². The lowest BCUT2D eigenvalue weighted by Gasteiger charge is -2.39. The van der Waals surface area contributed by atoms with Crippen LogP contribution in [0.2, 0.25) is 0 Å². The third-order valence-electron chi connectivity index (χ3n) is 5.32. The summed E-state index contributed by atoms with van der Waals surface area (Å²) in [5.41, 5.74) is -4.88. The Kier molecular flexibility index (Phi) is 11.4. The second kappa shape index (κ2) is 12.0. The zero-order valence-electron chi connectivity index (χ0n) is 16.6. The summed E-state index contributed by atoms with van der Waals surface area (Å²) in [7, 11) is 0. The largest absolute Gasteiger partial charge is 0.480 e. The van der Waals surface area contributed by atoms with Gasteiger partial charge in [-0.1, -0.05) is 71.6 Å². The fourth-order valence-electron chi connectivity index (χ4n) is 3.59. The van der Waals surface area contributed by atoms with Crippen LogP contribution in [0.3, 0.4) is 0 Å². The fourth-order valence-corrected chi connectivity index (χ4v) is 3.59. The summed E-state index contributed by atoms with van der Waals surface area (Å²) in [5, 5.41) is 30.3. The van der Waals surface area contributed by atoms with Crippen LogP contribution >= 0.6 is 0 Å². The average molecular weight is 373 g/mol. The van der Waals surface area contributed by atoms with Gasteiger partial charge in [-0.2, -0.15) is 0 Å². The molecule has 152 valence electrons. The second-order valence-corrected chi connectivity index (χ2v) is 7.26. The van der Waals surface area contributed by atoms with Gasteiger partial charge in [-0.25, -0.2) is 4.79 Å². The third-order valence-corrected chi connectivity index (χ3v) is 5.32. The molecule has 26 heavy (non-hydrogen) atoms. The summed E-state index contributed by atoms with van der Waals surface area (Å²) in [6.45, 7) is 5.17. The number of hydrogen-bond acceptors (Lipinski definition) is 4. The molecular weight excluding hydrogens is 336 g/mol. The number of aliphatic hydroxyl groups is 1. The lowest BCUT2D eigenvalue weighted by Crippen LogP contribution is -2.61. The van der Waals surface area contributed by atoms with Gasteiger partial charge >= 0.3 is 11.9 Å². The Bertz CT molecular complexity index is 445. The van der Waals surface area contributed by atoms with Crippen molar-refractivity contribution in [3.8, 4) is 0 Å². The van der Waals surface area contributed by atoms with Crippen LogP contribution in [0.1, 0.15) is 97.8 Å². The topological polar surface area (TPSA) is 112 Å². The summed E-state index contributed by atoms with van der Waals surface area (Å²) in [5.74, 6) is -3.96. The number of carboxylic acid groups (broad SMARTS) is 2. The molecule has 0 saturated heterocycles. The SMILES string of the molecule is CCCCCCCCC(C(C)=O)(C(=O)O)C(O)(CCCCCC)C(=O)O. The molecular formula is C20H36O6. The first-order valence-corrected chi connectivity index (χ1v) is 9.90. The predicted octanol–water partition coefficient (Wildman–Crippen LogP) is 4.18. The molecule has 6 heteroatoms. The number of rotatable bonds is 16. The highest BCUT2D eigenvalue weighted by Gasteiger charge is 2.63. The van der Waals surface area contributed by atoms with Crippen LogP contribution in [0.5, 0.6) is 0 Å². The van der Waals surface area contributed by atoms with Crippen molar-refractivity contribution in [1.82, 2.24) is 0 Å². The van der Waals surface area contributed by atoms with Crippen LogP contribution in [0.4, 0.5) is 0 Å². The van der Waals surface area contributed by atoms with Crippen LogP contribution in [0.25, 0.3) is 0 Å². The van der Waals surface area contributed by atoms with E-state index in [2.05, 4.69) is 6.92 Å². The number of hydrogen-bond donors (Lipinski definition) is 3.